The van der Waals surface area contributed by atoms with Crippen LogP contribution in [0.25, 0.3) is 0 Å². The average Bonchev–Trinajstić information content (AvgIpc) is 2.45. The van der Waals surface area contributed by atoms with Crippen LogP contribution in [0.2, 0.25) is 0 Å². The van der Waals surface area contributed by atoms with Crippen molar-refractivity contribution in [3.63, 3.8) is 0 Å². The molecule has 0 aliphatic rings. The fourth-order valence-corrected chi connectivity index (χ4v) is 2.18. The minimum Gasteiger partial charge on any atom is -0.497 e. The second-order valence-corrected chi connectivity index (χ2v) is 5.30. The molecule has 5 heteroatoms. The molecule has 2 atom stereocenters. The number of hydrogen-bond acceptors (Lipinski definition) is 3. The van der Waals surface area contributed by atoms with Crippen LogP contribution >= 0.6 is 0 Å². The third-order valence-electron chi connectivity index (χ3n) is 3.47. The van der Waals surface area contributed by atoms with Gasteiger partial charge in [0.25, 0.3) is 0 Å². The van der Waals surface area contributed by atoms with Gasteiger partial charge >= 0.3 is 5.97 Å². The fourth-order valence-electron chi connectivity index (χ4n) is 2.18. The second kappa shape index (κ2) is 7.67. The summed E-state index contributed by atoms with van der Waals surface area (Å²) in [7, 11) is 1.58. The van der Waals surface area contributed by atoms with E-state index < -0.39 is 12.0 Å². The third kappa shape index (κ3) is 4.48. The van der Waals surface area contributed by atoms with Crippen LogP contribution in [0.4, 0.5) is 0 Å². The summed E-state index contributed by atoms with van der Waals surface area (Å²) in [6, 6.07) is 6.38. The zero-order chi connectivity index (χ0) is 16.0. The first-order chi connectivity index (χ1) is 9.90. The monoisotopic (exact) mass is 293 g/mol. The number of amides is 1. The maximum atomic E-state index is 12.3. The zero-order valence-corrected chi connectivity index (χ0v) is 12.9. The molecule has 21 heavy (non-hydrogen) atoms. The first kappa shape index (κ1) is 17.0. The van der Waals surface area contributed by atoms with E-state index in [1.165, 1.54) is 0 Å². The maximum absolute atomic E-state index is 12.3. The van der Waals surface area contributed by atoms with Crippen LogP contribution in [0.1, 0.15) is 38.7 Å². The SMILES string of the molecule is CCC(C(=O)NC(C(=O)O)C(C)C)c1ccc(OC)cc1. The lowest BCUT2D eigenvalue weighted by molar-refractivity contribution is -0.143. The molecule has 2 N–H and O–H groups in total. The van der Waals surface area contributed by atoms with Crippen molar-refractivity contribution < 1.29 is 19.4 Å². The van der Waals surface area contributed by atoms with Crippen molar-refractivity contribution in [1.82, 2.24) is 5.32 Å². The summed E-state index contributed by atoms with van der Waals surface area (Å²) in [6.07, 6.45) is 0.600. The van der Waals surface area contributed by atoms with Gasteiger partial charge in [0.2, 0.25) is 5.91 Å². The molecular weight excluding hydrogens is 270 g/mol. The molecule has 1 amide bonds. The van der Waals surface area contributed by atoms with Crippen molar-refractivity contribution in [2.24, 2.45) is 5.92 Å². The molecule has 0 heterocycles. The van der Waals surface area contributed by atoms with Crippen LogP contribution in [-0.4, -0.2) is 30.1 Å². The van der Waals surface area contributed by atoms with Crippen molar-refractivity contribution >= 4 is 11.9 Å². The van der Waals surface area contributed by atoms with E-state index in [0.717, 1.165) is 11.3 Å². The summed E-state index contributed by atoms with van der Waals surface area (Å²) in [5.41, 5.74) is 0.851. The minimum atomic E-state index is -1.01. The van der Waals surface area contributed by atoms with Gasteiger partial charge in [0, 0.05) is 0 Å². The molecule has 2 unspecified atom stereocenters. The van der Waals surface area contributed by atoms with Crippen LogP contribution < -0.4 is 10.1 Å². The molecule has 1 rings (SSSR count). The van der Waals surface area contributed by atoms with Gasteiger partial charge < -0.3 is 15.2 Å². The number of carboxylic acids is 1. The lowest BCUT2D eigenvalue weighted by Gasteiger charge is -2.22. The van der Waals surface area contributed by atoms with E-state index in [-0.39, 0.29) is 17.7 Å². The van der Waals surface area contributed by atoms with Crippen LogP contribution in [0.3, 0.4) is 0 Å². The highest BCUT2D eigenvalue weighted by atomic mass is 16.5. The Morgan fingerprint density at radius 2 is 1.81 bits per heavy atom. The number of hydrogen-bond donors (Lipinski definition) is 2. The van der Waals surface area contributed by atoms with Crippen LogP contribution in [-0.2, 0) is 9.59 Å². The lowest BCUT2D eigenvalue weighted by Crippen LogP contribution is -2.46. The molecule has 0 fully saturated rings. The van der Waals surface area contributed by atoms with Crippen LogP contribution in [0.5, 0.6) is 5.75 Å². The molecule has 0 aliphatic heterocycles. The molecule has 0 radical (unpaired) electrons. The van der Waals surface area contributed by atoms with Gasteiger partial charge in [-0.2, -0.15) is 0 Å². The Balaban J connectivity index is 2.87. The number of rotatable bonds is 7. The third-order valence-corrected chi connectivity index (χ3v) is 3.47. The molecule has 0 saturated carbocycles. The first-order valence-corrected chi connectivity index (χ1v) is 7.07. The van der Waals surface area contributed by atoms with E-state index in [4.69, 9.17) is 9.84 Å². The quantitative estimate of drug-likeness (QED) is 0.809. The van der Waals surface area contributed by atoms with Gasteiger partial charge in [-0.05, 0) is 30.0 Å². The summed E-state index contributed by atoms with van der Waals surface area (Å²) in [5, 5.41) is 11.8. The van der Waals surface area contributed by atoms with E-state index >= 15 is 0 Å². The van der Waals surface area contributed by atoms with Gasteiger partial charge in [-0.15, -0.1) is 0 Å². The molecule has 116 valence electrons. The molecule has 0 aromatic heterocycles. The van der Waals surface area contributed by atoms with E-state index in [0.29, 0.717) is 6.42 Å². The summed E-state index contributed by atoms with van der Waals surface area (Å²) < 4.78 is 5.09. The highest BCUT2D eigenvalue weighted by Crippen LogP contribution is 2.23. The number of benzene rings is 1. The number of aliphatic carboxylic acids is 1. The average molecular weight is 293 g/mol. The topological polar surface area (TPSA) is 75.6 Å². The van der Waals surface area contributed by atoms with Gasteiger partial charge in [0.05, 0.1) is 13.0 Å². The Kier molecular flexibility index (Phi) is 6.21. The lowest BCUT2D eigenvalue weighted by atomic mass is 9.94. The predicted molar refractivity (Wildman–Crippen MR) is 80.4 cm³/mol. The van der Waals surface area contributed by atoms with Crippen LogP contribution in [0, 0.1) is 5.92 Å². The molecule has 0 aliphatic carbocycles. The van der Waals surface area contributed by atoms with Gasteiger partial charge in [0.15, 0.2) is 0 Å². The molecular formula is C16H23NO4. The largest absolute Gasteiger partial charge is 0.497 e. The Labute approximate surface area is 125 Å². The molecule has 0 bridgehead atoms. The minimum absolute atomic E-state index is 0.167. The maximum Gasteiger partial charge on any atom is 0.326 e. The standard InChI is InChI=1S/C16H23NO4/c1-5-13(11-6-8-12(21-4)9-7-11)15(18)17-14(10(2)3)16(19)20/h6-10,13-14H,5H2,1-4H3,(H,17,18)(H,19,20). The molecule has 1 aromatic carbocycles. The number of carboxylic acid groups (broad SMARTS) is 1. The smallest absolute Gasteiger partial charge is 0.326 e. The highest BCUT2D eigenvalue weighted by molar-refractivity contribution is 5.88. The first-order valence-electron chi connectivity index (χ1n) is 7.07. The molecule has 5 nitrogen and oxygen atoms in total. The summed E-state index contributed by atoms with van der Waals surface area (Å²) in [5.74, 6) is -1.08. The summed E-state index contributed by atoms with van der Waals surface area (Å²) in [4.78, 5) is 23.5. The van der Waals surface area contributed by atoms with Gasteiger partial charge in [-0.25, -0.2) is 4.79 Å². The molecule has 0 spiro atoms. The summed E-state index contributed by atoms with van der Waals surface area (Å²) >= 11 is 0. The zero-order valence-electron chi connectivity index (χ0n) is 12.9. The fraction of sp³-hybridized carbons (Fsp3) is 0.500. The molecule has 1 aromatic rings. The van der Waals surface area contributed by atoms with Crippen molar-refractivity contribution in [1.29, 1.82) is 0 Å². The number of carbonyl (C=O) groups is 2. The van der Waals surface area contributed by atoms with E-state index in [1.54, 1.807) is 33.1 Å². The number of ether oxygens (including phenoxy) is 1. The van der Waals surface area contributed by atoms with E-state index in [2.05, 4.69) is 5.32 Å². The Bertz CT molecular complexity index is 482. The van der Waals surface area contributed by atoms with Gasteiger partial charge in [-0.3, -0.25) is 4.79 Å². The molecule has 0 saturated heterocycles. The highest BCUT2D eigenvalue weighted by Gasteiger charge is 2.27. The Hall–Kier alpha value is -2.04. The number of carbonyl (C=O) groups excluding carboxylic acids is 1. The second-order valence-electron chi connectivity index (χ2n) is 5.30. The van der Waals surface area contributed by atoms with Crippen LogP contribution in [0.15, 0.2) is 24.3 Å². The van der Waals surface area contributed by atoms with Crippen molar-refractivity contribution in [2.45, 2.75) is 39.2 Å². The predicted octanol–water partition coefficient (Wildman–Crippen LogP) is 2.41. The number of nitrogens with one attached hydrogen (secondary N) is 1. The van der Waals surface area contributed by atoms with E-state index in [1.807, 2.05) is 19.1 Å². The Morgan fingerprint density at radius 3 is 2.19 bits per heavy atom. The number of methoxy groups -OCH3 is 1. The van der Waals surface area contributed by atoms with Gasteiger partial charge in [-0.1, -0.05) is 32.9 Å². The van der Waals surface area contributed by atoms with E-state index in [9.17, 15) is 9.59 Å². The van der Waals surface area contributed by atoms with Gasteiger partial charge in [0.1, 0.15) is 11.8 Å². The normalized spacial score (nSPS) is 13.6. The van der Waals surface area contributed by atoms with Crippen molar-refractivity contribution in [3.8, 4) is 5.75 Å². The summed E-state index contributed by atoms with van der Waals surface area (Å²) in [6.45, 7) is 5.44. The Morgan fingerprint density at radius 1 is 1.24 bits per heavy atom. The van der Waals surface area contributed by atoms with Crippen molar-refractivity contribution in [2.75, 3.05) is 7.11 Å². The van der Waals surface area contributed by atoms with Crippen molar-refractivity contribution in [3.05, 3.63) is 29.8 Å².